The first-order chi connectivity index (χ1) is 8.58. The van der Waals surface area contributed by atoms with Crippen molar-refractivity contribution in [2.24, 2.45) is 47.3 Å². The van der Waals surface area contributed by atoms with Crippen molar-refractivity contribution < 1.29 is 0 Å². The summed E-state index contributed by atoms with van der Waals surface area (Å²) >= 11 is 0. The first kappa shape index (κ1) is 13.0. The predicted octanol–water partition coefficient (Wildman–Crippen LogP) is 5.38. The summed E-state index contributed by atoms with van der Waals surface area (Å²) in [6, 6.07) is 0. The lowest BCUT2D eigenvalue weighted by atomic mass is 9.64. The molecule has 0 aliphatic heterocycles. The normalized spacial score (nSPS) is 56.0. The molecule has 8 unspecified atom stereocenters. The topological polar surface area (TPSA) is 0 Å². The zero-order valence-electron chi connectivity index (χ0n) is 12.9. The molecule has 0 spiro atoms. The maximum absolute atomic E-state index is 2.58. The van der Waals surface area contributed by atoms with Gasteiger partial charge >= 0.3 is 0 Å². The second-order valence-corrected chi connectivity index (χ2v) is 8.12. The predicted molar refractivity (Wildman–Crippen MR) is 78.3 cm³/mol. The van der Waals surface area contributed by atoms with Crippen molar-refractivity contribution in [2.45, 2.75) is 66.2 Å². The van der Waals surface area contributed by atoms with E-state index in [1.807, 2.05) is 0 Å². The van der Waals surface area contributed by atoms with E-state index in [9.17, 15) is 0 Å². The van der Waals surface area contributed by atoms with Gasteiger partial charge in [0.25, 0.3) is 0 Å². The van der Waals surface area contributed by atoms with Crippen molar-refractivity contribution in [3.05, 3.63) is 0 Å². The average Bonchev–Trinajstić information content (AvgIpc) is 2.81. The molecule has 8 atom stereocenters. The maximum atomic E-state index is 2.58. The second-order valence-electron chi connectivity index (χ2n) is 8.12. The number of hydrogen-bond donors (Lipinski definition) is 0. The van der Waals surface area contributed by atoms with Crippen LogP contribution >= 0.6 is 0 Å². The molecule has 0 aromatic rings. The maximum Gasteiger partial charge on any atom is -0.0355 e. The van der Waals surface area contributed by atoms with E-state index in [0.717, 1.165) is 47.3 Å². The fraction of sp³-hybridized carbons (Fsp3) is 1.00. The molecule has 3 aliphatic carbocycles. The van der Waals surface area contributed by atoms with Gasteiger partial charge in [0.2, 0.25) is 0 Å². The molecule has 0 amide bonds. The van der Waals surface area contributed by atoms with Gasteiger partial charge in [-0.15, -0.1) is 0 Å². The third-order valence-corrected chi connectivity index (χ3v) is 7.57. The third-order valence-electron chi connectivity index (χ3n) is 7.57. The summed E-state index contributed by atoms with van der Waals surface area (Å²) in [6.45, 7) is 10.2. The zero-order valence-corrected chi connectivity index (χ0v) is 12.9. The molecule has 0 saturated heterocycles. The highest BCUT2D eigenvalue weighted by molar-refractivity contribution is 4.94. The molecule has 3 aliphatic rings. The van der Waals surface area contributed by atoms with E-state index < -0.39 is 0 Å². The molecule has 2 bridgehead atoms. The Morgan fingerprint density at radius 2 is 1.44 bits per heavy atom. The van der Waals surface area contributed by atoms with Gasteiger partial charge in [-0.2, -0.15) is 0 Å². The molecule has 104 valence electrons. The summed E-state index contributed by atoms with van der Waals surface area (Å²) in [5.74, 6) is 8.24. The van der Waals surface area contributed by atoms with Gasteiger partial charge in [0.05, 0.1) is 0 Å². The van der Waals surface area contributed by atoms with Gasteiger partial charge in [-0.3, -0.25) is 0 Å². The Kier molecular flexibility index (Phi) is 3.49. The highest BCUT2D eigenvalue weighted by Crippen LogP contribution is 2.53. The van der Waals surface area contributed by atoms with Crippen LogP contribution in [0.3, 0.4) is 0 Å². The smallest absolute Gasteiger partial charge is 0.0355 e. The molecule has 18 heavy (non-hydrogen) atoms. The fourth-order valence-corrected chi connectivity index (χ4v) is 5.49. The highest BCUT2D eigenvalue weighted by atomic mass is 14.5. The Morgan fingerprint density at radius 3 is 2.06 bits per heavy atom. The Bertz CT molecular complexity index is 294. The minimum Gasteiger partial charge on any atom is -0.0622 e. The summed E-state index contributed by atoms with van der Waals surface area (Å²) in [5.41, 5.74) is 0. The number of hydrogen-bond acceptors (Lipinski definition) is 0. The first-order valence-electron chi connectivity index (χ1n) is 8.58. The van der Waals surface area contributed by atoms with Crippen LogP contribution < -0.4 is 0 Å². The first-order valence-corrected chi connectivity index (χ1v) is 8.58. The van der Waals surface area contributed by atoms with Crippen LogP contribution in [0.1, 0.15) is 66.2 Å². The minimum absolute atomic E-state index is 0.959. The Balaban J connectivity index is 1.74. The van der Waals surface area contributed by atoms with Crippen LogP contribution in [-0.4, -0.2) is 0 Å². The van der Waals surface area contributed by atoms with Crippen molar-refractivity contribution in [3.63, 3.8) is 0 Å². The minimum atomic E-state index is 0.959. The molecule has 0 N–H and O–H groups in total. The van der Waals surface area contributed by atoms with E-state index in [4.69, 9.17) is 0 Å². The van der Waals surface area contributed by atoms with E-state index in [2.05, 4.69) is 27.7 Å². The van der Waals surface area contributed by atoms with Crippen LogP contribution in [0.25, 0.3) is 0 Å². The van der Waals surface area contributed by atoms with E-state index in [1.165, 1.54) is 12.8 Å². The van der Waals surface area contributed by atoms with Crippen molar-refractivity contribution >= 4 is 0 Å². The third kappa shape index (κ3) is 2.04. The van der Waals surface area contributed by atoms with Gasteiger partial charge < -0.3 is 0 Å². The van der Waals surface area contributed by atoms with Gasteiger partial charge in [-0.25, -0.2) is 0 Å². The monoisotopic (exact) mass is 248 g/mol. The molecule has 0 radical (unpaired) electrons. The summed E-state index contributed by atoms with van der Waals surface area (Å²) in [5, 5.41) is 0. The van der Waals surface area contributed by atoms with Gasteiger partial charge in [-0.05, 0) is 79.4 Å². The van der Waals surface area contributed by atoms with Crippen LogP contribution in [0.15, 0.2) is 0 Å². The Morgan fingerprint density at radius 1 is 0.722 bits per heavy atom. The van der Waals surface area contributed by atoms with Crippen molar-refractivity contribution in [1.29, 1.82) is 0 Å². The van der Waals surface area contributed by atoms with Crippen molar-refractivity contribution in [2.75, 3.05) is 0 Å². The van der Waals surface area contributed by atoms with E-state index >= 15 is 0 Å². The van der Waals surface area contributed by atoms with Gasteiger partial charge in [0.15, 0.2) is 0 Å². The summed E-state index contributed by atoms with van der Waals surface area (Å²) in [4.78, 5) is 0. The van der Waals surface area contributed by atoms with Crippen LogP contribution in [0, 0.1) is 47.3 Å². The van der Waals surface area contributed by atoms with Gasteiger partial charge in [-0.1, -0.05) is 34.1 Å². The Hall–Kier alpha value is 0. The highest BCUT2D eigenvalue weighted by Gasteiger charge is 2.45. The van der Waals surface area contributed by atoms with Crippen LogP contribution in [-0.2, 0) is 0 Å². The lowest BCUT2D eigenvalue weighted by Crippen LogP contribution is -2.33. The molecular formula is C18H32. The van der Waals surface area contributed by atoms with Crippen LogP contribution in [0.4, 0.5) is 0 Å². The van der Waals surface area contributed by atoms with E-state index in [1.54, 1.807) is 25.7 Å². The summed E-state index contributed by atoms with van der Waals surface area (Å²) < 4.78 is 0. The molecule has 3 saturated carbocycles. The number of rotatable bonds is 2. The fourth-order valence-electron chi connectivity index (χ4n) is 5.49. The van der Waals surface area contributed by atoms with Crippen molar-refractivity contribution in [3.8, 4) is 0 Å². The lowest BCUT2D eigenvalue weighted by Gasteiger charge is -2.41. The van der Waals surface area contributed by atoms with Crippen LogP contribution in [0.2, 0.25) is 0 Å². The molecule has 0 heteroatoms. The largest absolute Gasteiger partial charge is 0.0622 e. The second kappa shape index (κ2) is 4.84. The molecule has 3 rings (SSSR count). The lowest BCUT2D eigenvalue weighted by molar-refractivity contribution is 0.0833. The molecule has 0 aromatic heterocycles. The molecule has 0 nitrogen and oxygen atoms in total. The molecular weight excluding hydrogens is 216 g/mol. The molecule has 0 aromatic carbocycles. The molecule has 0 heterocycles. The van der Waals surface area contributed by atoms with Gasteiger partial charge in [0, 0.05) is 0 Å². The van der Waals surface area contributed by atoms with Gasteiger partial charge in [0.1, 0.15) is 0 Å². The summed E-state index contributed by atoms with van der Waals surface area (Å²) in [7, 11) is 0. The zero-order chi connectivity index (χ0) is 12.9. The van der Waals surface area contributed by atoms with Crippen LogP contribution in [0.5, 0.6) is 0 Å². The van der Waals surface area contributed by atoms with E-state index in [-0.39, 0.29) is 0 Å². The SMILES string of the molecule is CC1CCC1CC1C2CCC(C2)C(C)C(C)C1C. The average molecular weight is 248 g/mol. The van der Waals surface area contributed by atoms with E-state index in [0.29, 0.717) is 0 Å². The number of fused-ring (bicyclic) bond motifs is 2. The quantitative estimate of drug-likeness (QED) is 0.615. The van der Waals surface area contributed by atoms with Crippen molar-refractivity contribution in [1.82, 2.24) is 0 Å². The molecule has 3 fully saturated rings. The Labute approximate surface area is 114 Å². The summed E-state index contributed by atoms with van der Waals surface area (Å²) in [6.07, 6.45) is 9.27. The standard InChI is InChI=1S/C18H32/c1-11-5-6-15(11)10-18-14(4)12(2)13(3)16-7-8-17(18)9-16/h11-18H,5-10H2,1-4H3.